The molecular weight excluding hydrogens is 449 g/mol. The summed E-state index contributed by atoms with van der Waals surface area (Å²) in [6, 6.07) is 10.2. The zero-order chi connectivity index (χ0) is 21.4. The molecule has 9 heteroatoms. The average Bonchev–Trinajstić information content (AvgIpc) is 2.67. The van der Waals surface area contributed by atoms with Crippen molar-refractivity contribution in [2.45, 2.75) is 19.1 Å². The van der Waals surface area contributed by atoms with Crippen molar-refractivity contribution in [1.82, 2.24) is 0 Å². The molecule has 0 spiro atoms. The second-order valence-corrected chi connectivity index (χ2v) is 6.70. The second-order valence-electron chi connectivity index (χ2n) is 5.79. The highest BCUT2D eigenvalue weighted by Crippen LogP contribution is 2.29. The number of amides is 1. The van der Waals surface area contributed by atoms with E-state index in [-0.39, 0.29) is 12.2 Å². The Balaban J connectivity index is 2.31. The first-order valence-electron chi connectivity index (χ1n) is 8.54. The van der Waals surface area contributed by atoms with Crippen LogP contribution in [0.4, 0.5) is 14.9 Å². The van der Waals surface area contributed by atoms with Crippen LogP contribution in [0.5, 0.6) is 5.75 Å². The zero-order valence-corrected chi connectivity index (χ0v) is 16.9. The van der Waals surface area contributed by atoms with Gasteiger partial charge in [0.1, 0.15) is 6.10 Å². The molecule has 2 aromatic rings. The molecule has 0 aromatic heterocycles. The number of ether oxygens (including phenoxy) is 2. The van der Waals surface area contributed by atoms with Crippen LogP contribution in [0.3, 0.4) is 0 Å². The van der Waals surface area contributed by atoms with Crippen molar-refractivity contribution in [2.24, 2.45) is 0 Å². The van der Waals surface area contributed by atoms with E-state index in [1.165, 1.54) is 12.1 Å². The van der Waals surface area contributed by atoms with E-state index in [2.05, 4.69) is 21.2 Å². The Morgan fingerprint density at radius 1 is 1.24 bits per heavy atom. The number of carboxylic acids is 1. The topological polar surface area (TPSA) is 105 Å². The van der Waals surface area contributed by atoms with Gasteiger partial charge in [0.15, 0.2) is 17.7 Å². The van der Waals surface area contributed by atoms with Gasteiger partial charge in [0, 0.05) is 22.8 Å². The van der Waals surface area contributed by atoms with Crippen molar-refractivity contribution >= 4 is 33.7 Å². The van der Waals surface area contributed by atoms with E-state index >= 15 is 0 Å². The molecule has 0 aliphatic rings. The van der Waals surface area contributed by atoms with Gasteiger partial charge in [0.25, 0.3) is 0 Å². The lowest BCUT2D eigenvalue weighted by molar-refractivity contribution is -0.131. The molecular formula is C20H19BrFNO6. The van der Waals surface area contributed by atoms with E-state index < -0.39 is 35.8 Å². The minimum atomic E-state index is -1.22. The van der Waals surface area contributed by atoms with Gasteiger partial charge in [-0.25, -0.2) is 14.0 Å². The van der Waals surface area contributed by atoms with Gasteiger partial charge in [-0.2, -0.15) is 0 Å². The van der Waals surface area contributed by atoms with Gasteiger partial charge in [0.2, 0.25) is 0 Å². The molecule has 0 heterocycles. The fourth-order valence-corrected chi connectivity index (χ4v) is 2.70. The lowest BCUT2D eigenvalue weighted by Gasteiger charge is -2.25. The van der Waals surface area contributed by atoms with Crippen LogP contribution in [0.2, 0.25) is 0 Å². The number of rotatable bonds is 8. The molecule has 29 heavy (non-hydrogen) atoms. The number of hydrogen-bond acceptors (Lipinski definition) is 5. The highest BCUT2D eigenvalue weighted by molar-refractivity contribution is 9.10. The summed E-state index contributed by atoms with van der Waals surface area (Å²) in [5, 5.41) is 20.9. The minimum Gasteiger partial charge on any atom is -0.505 e. The van der Waals surface area contributed by atoms with Gasteiger partial charge in [-0.15, -0.1) is 0 Å². The van der Waals surface area contributed by atoms with Crippen LogP contribution < -0.4 is 5.32 Å². The molecule has 3 N–H and O–H groups in total. The number of carbonyl (C=O) groups is 2. The van der Waals surface area contributed by atoms with Crippen molar-refractivity contribution in [3.8, 4) is 5.75 Å². The molecule has 2 atom stereocenters. The Kier molecular flexibility index (Phi) is 8.17. The number of aromatic hydroxyl groups is 1. The van der Waals surface area contributed by atoms with Crippen LogP contribution in [0, 0.1) is 5.82 Å². The third-order valence-electron chi connectivity index (χ3n) is 3.71. The van der Waals surface area contributed by atoms with Gasteiger partial charge in [0.05, 0.1) is 0 Å². The van der Waals surface area contributed by atoms with Crippen LogP contribution in [0.25, 0.3) is 0 Å². The summed E-state index contributed by atoms with van der Waals surface area (Å²) in [5.41, 5.74) is 0.641. The molecule has 2 rings (SSSR count). The Morgan fingerprint density at radius 3 is 2.52 bits per heavy atom. The Hall–Kier alpha value is -2.91. The number of nitrogens with one attached hydrogen (secondary N) is 1. The standard InChI is InChI=1S/C20H19BrFNO6/c1-2-28-17(9-10-18(25)26)19(12-3-8-16(24)15(22)11-12)29-20(27)23-14-6-4-13(21)5-7-14/h3-11,17,19,24H,2H2,1H3,(H,23,27)(H,25,26)/b10-9+/t17-,19-/m0/s1. The fraction of sp³-hybridized carbons (Fsp3) is 0.200. The molecule has 7 nitrogen and oxygen atoms in total. The van der Waals surface area contributed by atoms with Gasteiger partial charge in [-0.1, -0.05) is 22.0 Å². The highest BCUT2D eigenvalue weighted by Gasteiger charge is 2.27. The summed E-state index contributed by atoms with van der Waals surface area (Å²) in [7, 11) is 0. The number of phenolic OH excluding ortho intramolecular Hbond substituents is 1. The summed E-state index contributed by atoms with van der Waals surface area (Å²) < 4.78 is 25.6. The van der Waals surface area contributed by atoms with Crippen molar-refractivity contribution in [2.75, 3.05) is 11.9 Å². The highest BCUT2D eigenvalue weighted by atomic mass is 79.9. The molecule has 0 radical (unpaired) electrons. The Labute approximate surface area is 174 Å². The number of carboxylic acid groups (broad SMARTS) is 1. The number of aliphatic carboxylic acids is 1. The molecule has 0 bridgehead atoms. The summed E-state index contributed by atoms with van der Waals surface area (Å²) in [6.45, 7) is 1.86. The zero-order valence-electron chi connectivity index (χ0n) is 15.3. The number of halogens is 2. The molecule has 0 fully saturated rings. The first-order chi connectivity index (χ1) is 13.8. The van der Waals surface area contributed by atoms with Gasteiger partial charge >= 0.3 is 12.1 Å². The van der Waals surface area contributed by atoms with Crippen LogP contribution in [-0.4, -0.2) is 35.0 Å². The van der Waals surface area contributed by atoms with Crippen LogP contribution in [-0.2, 0) is 14.3 Å². The summed E-state index contributed by atoms with van der Waals surface area (Å²) in [5.74, 6) is -2.70. The predicted molar refractivity (Wildman–Crippen MR) is 107 cm³/mol. The van der Waals surface area contributed by atoms with E-state index in [1.54, 1.807) is 31.2 Å². The Morgan fingerprint density at radius 2 is 1.93 bits per heavy atom. The molecule has 0 aliphatic carbocycles. The number of hydrogen-bond donors (Lipinski definition) is 3. The van der Waals surface area contributed by atoms with E-state index in [1.807, 2.05) is 0 Å². The minimum absolute atomic E-state index is 0.180. The number of carbonyl (C=O) groups excluding carboxylic acids is 1. The van der Waals surface area contributed by atoms with E-state index in [0.717, 1.165) is 22.7 Å². The molecule has 0 saturated heterocycles. The SMILES string of the molecule is CCO[C@@H](/C=C/C(=O)O)[C@@H](OC(=O)Nc1ccc(Br)cc1)c1ccc(O)c(F)c1. The third kappa shape index (κ3) is 6.88. The fourth-order valence-electron chi connectivity index (χ4n) is 2.43. The van der Waals surface area contributed by atoms with E-state index in [9.17, 15) is 19.1 Å². The predicted octanol–water partition coefficient (Wildman–Crippen LogP) is 4.63. The largest absolute Gasteiger partial charge is 0.505 e. The summed E-state index contributed by atoms with van der Waals surface area (Å²) >= 11 is 3.29. The number of phenols is 1. The van der Waals surface area contributed by atoms with Crippen molar-refractivity contribution < 1.29 is 33.7 Å². The second kappa shape index (κ2) is 10.6. The van der Waals surface area contributed by atoms with Gasteiger partial charge < -0.3 is 19.7 Å². The Bertz CT molecular complexity index is 887. The monoisotopic (exact) mass is 467 g/mol. The molecule has 0 aliphatic heterocycles. The third-order valence-corrected chi connectivity index (χ3v) is 4.24. The maximum absolute atomic E-state index is 13.9. The maximum atomic E-state index is 13.9. The van der Waals surface area contributed by atoms with Crippen molar-refractivity contribution in [1.29, 1.82) is 0 Å². The molecule has 2 aromatic carbocycles. The maximum Gasteiger partial charge on any atom is 0.412 e. The number of anilines is 1. The first kappa shape index (κ1) is 22.4. The quantitative estimate of drug-likeness (QED) is 0.488. The van der Waals surface area contributed by atoms with E-state index in [0.29, 0.717) is 5.69 Å². The normalized spacial score (nSPS) is 13.1. The molecule has 154 valence electrons. The van der Waals surface area contributed by atoms with Crippen LogP contribution in [0.1, 0.15) is 18.6 Å². The van der Waals surface area contributed by atoms with Crippen molar-refractivity contribution in [3.63, 3.8) is 0 Å². The summed E-state index contributed by atoms with van der Waals surface area (Å²) in [4.78, 5) is 23.3. The molecule has 1 amide bonds. The lowest BCUT2D eigenvalue weighted by Crippen LogP contribution is -2.28. The van der Waals surface area contributed by atoms with Crippen LogP contribution >= 0.6 is 15.9 Å². The lowest BCUT2D eigenvalue weighted by atomic mass is 10.0. The van der Waals surface area contributed by atoms with Crippen LogP contribution in [0.15, 0.2) is 59.1 Å². The molecule has 0 unspecified atom stereocenters. The summed E-state index contributed by atoms with van der Waals surface area (Å²) in [6.07, 6.45) is -0.972. The smallest absolute Gasteiger partial charge is 0.412 e. The van der Waals surface area contributed by atoms with Gasteiger partial charge in [-0.05, 0) is 55.0 Å². The average molecular weight is 468 g/mol. The van der Waals surface area contributed by atoms with Crippen molar-refractivity contribution in [3.05, 3.63) is 70.5 Å². The number of benzene rings is 2. The van der Waals surface area contributed by atoms with E-state index in [4.69, 9.17) is 14.6 Å². The van der Waals surface area contributed by atoms with Gasteiger partial charge in [-0.3, -0.25) is 5.32 Å². The molecule has 0 saturated carbocycles. The first-order valence-corrected chi connectivity index (χ1v) is 9.33.